The number of benzene rings is 2. The maximum atomic E-state index is 13.8. The number of nitrogens with zero attached hydrogens (tertiary/aromatic N) is 2. The highest BCUT2D eigenvalue weighted by Gasteiger charge is 2.25. The van der Waals surface area contributed by atoms with Gasteiger partial charge in [-0.1, -0.05) is 12.1 Å². The standard InChI is InChI=1S/C23H22F2N2O3/c24-19-4-1-2-6-22(19)30-18-7-8-21(17(12-18)14-28)27-11-9-16(13-27)15-29-23-20(25)5-3-10-26-23/h1-8,10,12,16,28H,9,11,13-15H2/t16-/m0/s1. The van der Waals surface area contributed by atoms with Crippen molar-refractivity contribution in [3.8, 4) is 17.4 Å². The lowest BCUT2D eigenvalue weighted by molar-refractivity contribution is 0.240. The van der Waals surface area contributed by atoms with E-state index in [1.165, 1.54) is 24.4 Å². The van der Waals surface area contributed by atoms with Crippen LogP contribution < -0.4 is 14.4 Å². The lowest BCUT2D eigenvalue weighted by Gasteiger charge is -2.22. The van der Waals surface area contributed by atoms with Crippen molar-refractivity contribution >= 4 is 5.69 Å². The van der Waals surface area contributed by atoms with E-state index in [1.807, 2.05) is 6.07 Å². The SMILES string of the molecule is OCc1cc(Oc2ccccc2F)ccc1N1CC[C@H](COc2ncccc2F)C1. The minimum Gasteiger partial charge on any atom is -0.475 e. The molecule has 2 heterocycles. The summed E-state index contributed by atoms with van der Waals surface area (Å²) in [5, 5.41) is 9.84. The van der Waals surface area contributed by atoms with Gasteiger partial charge < -0.3 is 19.5 Å². The van der Waals surface area contributed by atoms with Gasteiger partial charge in [0.1, 0.15) is 5.75 Å². The molecule has 1 aromatic heterocycles. The van der Waals surface area contributed by atoms with Crippen molar-refractivity contribution in [1.82, 2.24) is 4.98 Å². The van der Waals surface area contributed by atoms with Crippen LogP contribution in [-0.2, 0) is 6.61 Å². The molecule has 5 nitrogen and oxygen atoms in total. The van der Waals surface area contributed by atoms with E-state index in [0.717, 1.165) is 25.2 Å². The first kappa shape index (κ1) is 20.1. The van der Waals surface area contributed by atoms with Gasteiger partial charge in [0.25, 0.3) is 0 Å². The van der Waals surface area contributed by atoms with Gasteiger partial charge in [-0.2, -0.15) is 0 Å². The number of pyridine rings is 1. The van der Waals surface area contributed by atoms with E-state index in [1.54, 1.807) is 30.3 Å². The van der Waals surface area contributed by atoms with E-state index in [-0.39, 0.29) is 24.2 Å². The Morgan fingerprint density at radius 2 is 1.90 bits per heavy atom. The second kappa shape index (κ2) is 9.09. The van der Waals surface area contributed by atoms with Crippen molar-refractivity contribution in [1.29, 1.82) is 0 Å². The maximum Gasteiger partial charge on any atom is 0.250 e. The number of aliphatic hydroxyl groups is 1. The van der Waals surface area contributed by atoms with Crippen molar-refractivity contribution in [3.05, 3.63) is 78.0 Å². The minimum atomic E-state index is -0.472. The second-order valence-corrected chi connectivity index (χ2v) is 7.18. The largest absolute Gasteiger partial charge is 0.475 e. The third kappa shape index (κ3) is 4.52. The summed E-state index contributed by atoms with van der Waals surface area (Å²) >= 11 is 0. The van der Waals surface area contributed by atoms with Crippen molar-refractivity contribution in [2.24, 2.45) is 5.92 Å². The van der Waals surface area contributed by atoms with Crippen molar-refractivity contribution in [2.75, 3.05) is 24.6 Å². The summed E-state index contributed by atoms with van der Waals surface area (Å²) in [4.78, 5) is 6.06. The van der Waals surface area contributed by atoms with Crippen LogP contribution in [-0.4, -0.2) is 29.8 Å². The summed E-state index contributed by atoms with van der Waals surface area (Å²) in [6.45, 7) is 1.71. The van der Waals surface area contributed by atoms with Gasteiger partial charge in [-0.05, 0) is 48.9 Å². The number of aromatic nitrogens is 1. The molecule has 0 bridgehead atoms. The lowest BCUT2D eigenvalue weighted by atomic mass is 10.1. The zero-order chi connectivity index (χ0) is 20.9. The molecule has 0 amide bonds. The number of aliphatic hydroxyl groups excluding tert-OH is 1. The van der Waals surface area contributed by atoms with Gasteiger partial charge in [0.05, 0.1) is 13.2 Å². The summed E-state index contributed by atoms with van der Waals surface area (Å²) < 4.78 is 38.6. The Morgan fingerprint density at radius 1 is 1.07 bits per heavy atom. The highest BCUT2D eigenvalue weighted by atomic mass is 19.1. The fraction of sp³-hybridized carbons (Fsp3) is 0.261. The molecule has 1 saturated heterocycles. The molecular weight excluding hydrogens is 390 g/mol. The first-order valence-electron chi connectivity index (χ1n) is 9.78. The molecule has 1 aliphatic rings. The van der Waals surface area contributed by atoms with Crippen LogP contribution in [0.4, 0.5) is 14.5 Å². The fourth-order valence-electron chi connectivity index (χ4n) is 3.58. The third-order valence-electron chi connectivity index (χ3n) is 5.09. The number of rotatable bonds is 7. The number of hydrogen-bond acceptors (Lipinski definition) is 5. The van der Waals surface area contributed by atoms with Crippen molar-refractivity contribution in [3.63, 3.8) is 0 Å². The molecule has 1 aliphatic heterocycles. The molecule has 0 saturated carbocycles. The van der Waals surface area contributed by atoms with Crippen LogP contribution in [0.5, 0.6) is 17.4 Å². The van der Waals surface area contributed by atoms with Gasteiger partial charge in [-0.3, -0.25) is 0 Å². The molecule has 1 fully saturated rings. The number of anilines is 1. The monoisotopic (exact) mass is 412 g/mol. The van der Waals surface area contributed by atoms with Crippen molar-refractivity contribution in [2.45, 2.75) is 13.0 Å². The first-order chi connectivity index (χ1) is 14.6. The van der Waals surface area contributed by atoms with Gasteiger partial charge in [0.2, 0.25) is 5.88 Å². The van der Waals surface area contributed by atoms with E-state index in [0.29, 0.717) is 17.9 Å². The topological polar surface area (TPSA) is 54.8 Å². The molecule has 156 valence electrons. The molecule has 0 spiro atoms. The summed E-state index contributed by atoms with van der Waals surface area (Å²) in [6, 6.07) is 14.4. The quantitative estimate of drug-likeness (QED) is 0.617. The number of ether oxygens (including phenoxy) is 2. The zero-order valence-electron chi connectivity index (χ0n) is 16.3. The molecule has 30 heavy (non-hydrogen) atoms. The van der Waals surface area contributed by atoms with Gasteiger partial charge in [0, 0.05) is 36.5 Å². The molecule has 0 unspecified atom stereocenters. The molecule has 2 aromatic carbocycles. The molecule has 0 radical (unpaired) electrons. The third-order valence-corrected chi connectivity index (χ3v) is 5.09. The van der Waals surface area contributed by atoms with Crippen LogP contribution in [0.15, 0.2) is 60.8 Å². The van der Waals surface area contributed by atoms with E-state index >= 15 is 0 Å². The Morgan fingerprint density at radius 3 is 2.70 bits per heavy atom. The van der Waals surface area contributed by atoms with Crippen LogP contribution in [0.1, 0.15) is 12.0 Å². The maximum absolute atomic E-state index is 13.8. The van der Waals surface area contributed by atoms with E-state index in [9.17, 15) is 13.9 Å². The lowest BCUT2D eigenvalue weighted by Crippen LogP contribution is -2.23. The Balaban J connectivity index is 1.41. The normalized spacial score (nSPS) is 16.0. The first-order valence-corrected chi connectivity index (χ1v) is 9.78. The Bertz CT molecular complexity index is 1020. The molecule has 7 heteroatoms. The highest BCUT2D eigenvalue weighted by Crippen LogP contribution is 2.32. The van der Waals surface area contributed by atoms with Crippen LogP contribution in [0.2, 0.25) is 0 Å². The summed E-state index contributed by atoms with van der Waals surface area (Å²) in [6.07, 6.45) is 2.38. The van der Waals surface area contributed by atoms with Gasteiger partial charge >= 0.3 is 0 Å². The van der Waals surface area contributed by atoms with Gasteiger partial charge in [0.15, 0.2) is 17.4 Å². The van der Waals surface area contributed by atoms with E-state index in [2.05, 4.69) is 9.88 Å². The van der Waals surface area contributed by atoms with Crippen LogP contribution in [0.3, 0.4) is 0 Å². The molecule has 0 aliphatic carbocycles. The highest BCUT2D eigenvalue weighted by molar-refractivity contribution is 5.57. The Labute approximate surface area is 173 Å². The predicted octanol–water partition coefficient (Wildman–Crippen LogP) is 4.55. The summed E-state index contributed by atoms with van der Waals surface area (Å²) in [5.74, 6) is -0.0972. The Hall–Kier alpha value is -3.19. The van der Waals surface area contributed by atoms with Gasteiger partial charge in [-0.25, -0.2) is 13.8 Å². The summed E-state index contributed by atoms with van der Waals surface area (Å²) in [7, 11) is 0. The number of para-hydroxylation sites is 1. The average Bonchev–Trinajstić information content (AvgIpc) is 3.23. The Kier molecular flexibility index (Phi) is 6.09. The zero-order valence-corrected chi connectivity index (χ0v) is 16.3. The fourth-order valence-corrected chi connectivity index (χ4v) is 3.58. The van der Waals surface area contributed by atoms with Crippen LogP contribution in [0, 0.1) is 17.6 Å². The number of halogens is 2. The van der Waals surface area contributed by atoms with Crippen LogP contribution in [0.25, 0.3) is 0 Å². The average molecular weight is 412 g/mol. The van der Waals surface area contributed by atoms with Gasteiger partial charge in [-0.15, -0.1) is 0 Å². The molecule has 3 aromatic rings. The van der Waals surface area contributed by atoms with E-state index < -0.39 is 11.6 Å². The molecule has 4 rings (SSSR count). The smallest absolute Gasteiger partial charge is 0.250 e. The van der Waals surface area contributed by atoms with Crippen LogP contribution >= 0.6 is 0 Å². The molecule has 1 atom stereocenters. The van der Waals surface area contributed by atoms with Crippen molar-refractivity contribution < 1.29 is 23.4 Å². The predicted molar refractivity (Wildman–Crippen MR) is 109 cm³/mol. The number of hydrogen-bond donors (Lipinski definition) is 1. The molecular formula is C23H22F2N2O3. The second-order valence-electron chi connectivity index (χ2n) is 7.18. The minimum absolute atomic E-state index is 0.0154. The summed E-state index contributed by atoms with van der Waals surface area (Å²) in [5.41, 5.74) is 1.59. The molecule has 1 N–H and O–H groups in total. The van der Waals surface area contributed by atoms with E-state index in [4.69, 9.17) is 9.47 Å².